The zero-order valence-electron chi connectivity index (χ0n) is 17.3. The number of ether oxygens (including phenoxy) is 1. The number of nitrogens with zero attached hydrogens (tertiary/aromatic N) is 4. The predicted octanol–water partition coefficient (Wildman–Crippen LogP) is 4.77. The van der Waals surface area contributed by atoms with Crippen molar-refractivity contribution < 1.29 is 9.13 Å². The lowest BCUT2D eigenvalue weighted by molar-refractivity contribution is 0.415. The molecule has 1 aromatic heterocycles. The number of methoxy groups -OCH3 is 1. The number of benzene rings is 3. The Bertz CT molecular complexity index is 1200. The van der Waals surface area contributed by atoms with Gasteiger partial charge in [-0.1, -0.05) is 24.3 Å². The summed E-state index contributed by atoms with van der Waals surface area (Å²) in [5.41, 5.74) is 2.43. The summed E-state index contributed by atoms with van der Waals surface area (Å²) < 4.78 is 19.7. The second-order valence-corrected chi connectivity index (χ2v) is 7.54. The molecule has 4 aromatic rings. The molecule has 0 spiro atoms. The molecule has 0 saturated carbocycles. The highest BCUT2D eigenvalue weighted by molar-refractivity contribution is 5.91. The highest BCUT2D eigenvalue weighted by atomic mass is 19.1. The van der Waals surface area contributed by atoms with Crippen LogP contribution in [-0.2, 0) is 0 Å². The van der Waals surface area contributed by atoms with Gasteiger partial charge < -0.3 is 14.5 Å². The monoisotopic (exact) mass is 414 g/mol. The third-order valence-corrected chi connectivity index (χ3v) is 5.71. The van der Waals surface area contributed by atoms with Crippen LogP contribution in [0.3, 0.4) is 0 Å². The average Bonchev–Trinajstić information content (AvgIpc) is 2.84. The van der Waals surface area contributed by atoms with Crippen molar-refractivity contribution in [1.29, 1.82) is 0 Å². The summed E-state index contributed by atoms with van der Waals surface area (Å²) in [6.45, 7) is 3.40. The molecule has 0 radical (unpaired) electrons. The molecule has 1 fully saturated rings. The van der Waals surface area contributed by atoms with Crippen molar-refractivity contribution >= 4 is 22.4 Å². The Labute approximate surface area is 180 Å². The molecule has 1 aliphatic rings. The van der Waals surface area contributed by atoms with E-state index in [1.165, 1.54) is 11.8 Å². The molecular weight excluding hydrogens is 391 g/mol. The molecule has 0 N–H and O–H groups in total. The molecule has 0 amide bonds. The quantitative estimate of drug-likeness (QED) is 0.481. The topological polar surface area (TPSA) is 41.5 Å². The van der Waals surface area contributed by atoms with Gasteiger partial charge in [0, 0.05) is 37.3 Å². The van der Waals surface area contributed by atoms with Crippen molar-refractivity contribution in [3.8, 4) is 17.1 Å². The Hall–Kier alpha value is -3.67. The minimum atomic E-state index is -0.312. The van der Waals surface area contributed by atoms with Gasteiger partial charge in [0.15, 0.2) is 5.82 Å². The number of fused-ring (bicyclic) bond motifs is 1. The Morgan fingerprint density at radius 3 is 2.19 bits per heavy atom. The van der Waals surface area contributed by atoms with Gasteiger partial charge in [-0.25, -0.2) is 14.4 Å². The van der Waals surface area contributed by atoms with Crippen molar-refractivity contribution in [2.75, 3.05) is 43.1 Å². The highest BCUT2D eigenvalue weighted by Gasteiger charge is 2.22. The molecule has 0 bridgehead atoms. The Kier molecular flexibility index (Phi) is 5.12. The number of rotatable bonds is 4. The molecule has 6 heteroatoms. The van der Waals surface area contributed by atoms with E-state index >= 15 is 0 Å². The smallest absolute Gasteiger partial charge is 0.165 e. The SMILES string of the molecule is COc1ccc(N2CCN(c3nc(-c4ccccc4F)nc4ccccc34)CC2)cc1. The summed E-state index contributed by atoms with van der Waals surface area (Å²) in [5.74, 6) is 1.83. The van der Waals surface area contributed by atoms with Gasteiger partial charge in [0.2, 0.25) is 0 Å². The van der Waals surface area contributed by atoms with Crippen LogP contribution in [0.25, 0.3) is 22.3 Å². The van der Waals surface area contributed by atoms with Gasteiger partial charge in [-0.3, -0.25) is 0 Å². The Balaban J connectivity index is 1.45. The molecule has 156 valence electrons. The van der Waals surface area contributed by atoms with E-state index in [2.05, 4.69) is 26.9 Å². The largest absolute Gasteiger partial charge is 0.497 e. The van der Waals surface area contributed by atoms with E-state index in [0.29, 0.717) is 11.4 Å². The molecule has 0 aliphatic carbocycles. The summed E-state index contributed by atoms with van der Waals surface area (Å²) in [6.07, 6.45) is 0. The van der Waals surface area contributed by atoms with Crippen molar-refractivity contribution in [2.24, 2.45) is 0 Å². The second-order valence-electron chi connectivity index (χ2n) is 7.54. The number of para-hydroxylation sites is 1. The zero-order valence-corrected chi connectivity index (χ0v) is 17.3. The average molecular weight is 414 g/mol. The van der Waals surface area contributed by atoms with Gasteiger partial charge >= 0.3 is 0 Å². The third-order valence-electron chi connectivity index (χ3n) is 5.71. The van der Waals surface area contributed by atoms with E-state index in [1.807, 2.05) is 42.5 Å². The van der Waals surface area contributed by atoms with Crippen LogP contribution in [0.15, 0.2) is 72.8 Å². The minimum absolute atomic E-state index is 0.312. The van der Waals surface area contributed by atoms with E-state index < -0.39 is 0 Å². The molecule has 0 atom stereocenters. The van der Waals surface area contributed by atoms with Crippen LogP contribution in [0.5, 0.6) is 5.75 Å². The normalized spacial score (nSPS) is 14.1. The van der Waals surface area contributed by atoms with E-state index in [9.17, 15) is 4.39 Å². The Morgan fingerprint density at radius 1 is 0.774 bits per heavy atom. The molecule has 31 heavy (non-hydrogen) atoms. The lowest BCUT2D eigenvalue weighted by Crippen LogP contribution is -2.47. The van der Waals surface area contributed by atoms with Crippen LogP contribution in [0, 0.1) is 5.82 Å². The van der Waals surface area contributed by atoms with Crippen LogP contribution < -0.4 is 14.5 Å². The maximum Gasteiger partial charge on any atom is 0.165 e. The number of piperazine rings is 1. The van der Waals surface area contributed by atoms with Gasteiger partial charge in [-0.2, -0.15) is 0 Å². The number of hydrogen-bond acceptors (Lipinski definition) is 5. The van der Waals surface area contributed by atoms with Crippen LogP contribution in [0.4, 0.5) is 15.9 Å². The molecule has 1 aliphatic heterocycles. The van der Waals surface area contributed by atoms with E-state index in [4.69, 9.17) is 9.72 Å². The maximum absolute atomic E-state index is 14.4. The minimum Gasteiger partial charge on any atom is -0.497 e. The van der Waals surface area contributed by atoms with Crippen LogP contribution >= 0.6 is 0 Å². The molecule has 1 saturated heterocycles. The number of halogens is 1. The number of hydrogen-bond donors (Lipinski definition) is 0. The fourth-order valence-electron chi connectivity index (χ4n) is 4.03. The molecular formula is C25H23FN4O. The van der Waals surface area contributed by atoms with Gasteiger partial charge in [0.05, 0.1) is 18.2 Å². The van der Waals surface area contributed by atoms with E-state index in [0.717, 1.165) is 48.6 Å². The standard InChI is InChI=1S/C25H23FN4O/c1-31-19-12-10-18(11-13-19)29-14-16-30(17-15-29)25-21-7-3-5-9-23(21)27-24(28-25)20-6-2-4-8-22(20)26/h2-13H,14-17H2,1H3. The van der Waals surface area contributed by atoms with Crippen molar-refractivity contribution in [3.63, 3.8) is 0 Å². The lowest BCUT2D eigenvalue weighted by atomic mass is 10.1. The summed E-state index contributed by atoms with van der Waals surface area (Å²) in [6, 6.07) is 22.7. The second kappa shape index (κ2) is 8.22. The van der Waals surface area contributed by atoms with Gasteiger partial charge in [-0.05, 0) is 48.5 Å². The Morgan fingerprint density at radius 2 is 1.45 bits per heavy atom. The first kappa shape index (κ1) is 19.3. The van der Waals surface area contributed by atoms with Crippen molar-refractivity contribution in [1.82, 2.24) is 9.97 Å². The molecule has 5 nitrogen and oxygen atoms in total. The maximum atomic E-state index is 14.4. The van der Waals surface area contributed by atoms with Gasteiger partial charge in [0.1, 0.15) is 17.4 Å². The fraction of sp³-hybridized carbons (Fsp3) is 0.200. The molecule has 3 aromatic carbocycles. The molecule has 5 rings (SSSR count). The number of anilines is 2. The van der Waals surface area contributed by atoms with E-state index in [-0.39, 0.29) is 5.82 Å². The zero-order chi connectivity index (χ0) is 21.2. The summed E-state index contributed by atoms with van der Waals surface area (Å²) in [7, 11) is 1.68. The first-order valence-corrected chi connectivity index (χ1v) is 10.4. The third kappa shape index (κ3) is 3.77. The van der Waals surface area contributed by atoms with E-state index in [1.54, 1.807) is 19.2 Å². The molecule has 2 heterocycles. The summed E-state index contributed by atoms with van der Waals surface area (Å²) in [5, 5.41) is 0.987. The predicted molar refractivity (Wildman–Crippen MR) is 122 cm³/mol. The molecule has 0 unspecified atom stereocenters. The van der Waals surface area contributed by atoms with Crippen LogP contribution in [0.1, 0.15) is 0 Å². The lowest BCUT2D eigenvalue weighted by Gasteiger charge is -2.37. The first-order valence-electron chi connectivity index (χ1n) is 10.4. The van der Waals surface area contributed by atoms with Gasteiger partial charge in [0.25, 0.3) is 0 Å². The summed E-state index contributed by atoms with van der Waals surface area (Å²) >= 11 is 0. The fourth-order valence-corrected chi connectivity index (χ4v) is 4.03. The van der Waals surface area contributed by atoms with Crippen LogP contribution in [-0.4, -0.2) is 43.3 Å². The van der Waals surface area contributed by atoms with Crippen molar-refractivity contribution in [3.05, 3.63) is 78.6 Å². The first-order chi connectivity index (χ1) is 15.2. The van der Waals surface area contributed by atoms with Crippen LogP contribution in [0.2, 0.25) is 0 Å². The van der Waals surface area contributed by atoms with Crippen molar-refractivity contribution in [2.45, 2.75) is 0 Å². The number of aromatic nitrogens is 2. The van der Waals surface area contributed by atoms with Gasteiger partial charge in [-0.15, -0.1) is 0 Å². The highest BCUT2D eigenvalue weighted by Crippen LogP contribution is 2.30. The summed E-state index contributed by atoms with van der Waals surface area (Å²) in [4.78, 5) is 14.1.